The molecule has 0 spiro atoms. The zero-order valence-corrected chi connectivity index (χ0v) is 9.17. The molecule has 1 aliphatic rings. The minimum atomic E-state index is -0.703. The molecule has 1 atom stereocenters. The molecule has 1 aromatic rings. The van der Waals surface area contributed by atoms with E-state index in [2.05, 4.69) is 0 Å². The number of aliphatic hydroxyl groups excluding tert-OH is 1. The van der Waals surface area contributed by atoms with Gasteiger partial charge in [-0.2, -0.15) is 0 Å². The summed E-state index contributed by atoms with van der Waals surface area (Å²) in [7, 11) is 0. The molecule has 0 bridgehead atoms. The lowest BCUT2D eigenvalue weighted by molar-refractivity contribution is 0.108. The van der Waals surface area contributed by atoms with Crippen LogP contribution in [0.5, 0.6) is 0 Å². The predicted molar refractivity (Wildman–Crippen MR) is 58.3 cm³/mol. The quantitative estimate of drug-likeness (QED) is 0.818. The van der Waals surface area contributed by atoms with E-state index in [0.29, 0.717) is 10.6 Å². The third-order valence-corrected chi connectivity index (χ3v) is 3.36. The van der Waals surface area contributed by atoms with Crippen molar-refractivity contribution in [2.45, 2.75) is 31.8 Å². The summed E-state index contributed by atoms with van der Waals surface area (Å²) >= 11 is 5.79. The number of halogens is 2. The highest BCUT2D eigenvalue weighted by Gasteiger charge is 2.26. The van der Waals surface area contributed by atoms with Crippen LogP contribution in [0.1, 0.15) is 37.4 Å². The molecule has 2 rings (SSSR count). The van der Waals surface area contributed by atoms with Gasteiger partial charge in [-0.05, 0) is 37.0 Å². The second-order valence-electron chi connectivity index (χ2n) is 4.16. The Morgan fingerprint density at radius 1 is 1.33 bits per heavy atom. The zero-order chi connectivity index (χ0) is 10.8. The second-order valence-corrected chi connectivity index (χ2v) is 4.59. The van der Waals surface area contributed by atoms with E-state index < -0.39 is 6.10 Å². The number of rotatable bonds is 2. The molecule has 0 amide bonds. The minimum Gasteiger partial charge on any atom is -0.388 e. The van der Waals surface area contributed by atoms with Gasteiger partial charge in [-0.25, -0.2) is 4.39 Å². The van der Waals surface area contributed by atoms with E-state index in [1.54, 1.807) is 0 Å². The summed E-state index contributed by atoms with van der Waals surface area (Å²) in [4.78, 5) is 0. The molecule has 1 fully saturated rings. The number of hydrogen-bond acceptors (Lipinski definition) is 1. The van der Waals surface area contributed by atoms with E-state index >= 15 is 0 Å². The largest absolute Gasteiger partial charge is 0.388 e. The van der Waals surface area contributed by atoms with Gasteiger partial charge in [0.15, 0.2) is 0 Å². The van der Waals surface area contributed by atoms with Gasteiger partial charge in [0.1, 0.15) is 5.82 Å². The molecule has 1 N–H and O–H groups in total. The summed E-state index contributed by atoms with van der Waals surface area (Å²) in [6.45, 7) is 0. The van der Waals surface area contributed by atoms with E-state index in [1.807, 2.05) is 0 Å². The van der Waals surface area contributed by atoms with E-state index in [0.717, 1.165) is 25.7 Å². The molecule has 1 nitrogen and oxygen atoms in total. The topological polar surface area (TPSA) is 20.2 Å². The third-order valence-electron chi connectivity index (χ3n) is 3.12. The van der Waals surface area contributed by atoms with Crippen molar-refractivity contribution >= 4 is 11.6 Å². The fourth-order valence-corrected chi connectivity index (χ4v) is 2.45. The summed E-state index contributed by atoms with van der Waals surface area (Å²) in [6.07, 6.45) is 3.51. The number of hydrogen-bond donors (Lipinski definition) is 1. The molecule has 3 heteroatoms. The van der Waals surface area contributed by atoms with Crippen molar-refractivity contribution in [1.29, 1.82) is 0 Å². The highest BCUT2D eigenvalue weighted by atomic mass is 35.5. The fourth-order valence-electron chi connectivity index (χ4n) is 2.27. The summed E-state index contributed by atoms with van der Waals surface area (Å²) in [5, 5.41) is 10.5. The standard InChI is InChI=1S/C12H14ClFO/c13-9-5-6-11(14)10(7-9)12(15)8-3-1-2-4-8/h5-8,12,15H,1-4H2. The van der Waals surface area contributed by atoms with Gasteiger partial charge in [0, 0.05) is 10.6 Å². The molecule has 1 unspecified atom stereocenters. The Kier molecular flexibility index (Phi) is 3.27. The van der Waals surface area contributed by atoms with Crippen molar-refractivity contribution in [2.75, 3.05) is 0 Å². The first kappa shape index (κ1) is 10.9. The summed E-state index contributed by atoms with van der Waals surface area (Å²) in [6, 6.07) is 4.34. The normalized spacial score (nSPS) is 19.4. The Morgan fingerprint density at radius 2 is 2.00 bits per heavy atom. The molecule has 1 aliphatic carbocycles. The molecule has 0 aliphatic heterocycles. The first-order chi connectivity index (χ1) is 7.18. The Balaban J connectivity index is 2.23. The zero-order valence-electron chi connectivity index (χ0n) is 8.42. The van der Waals surface area contributed by atoms with Crippen LogP contribution in [0.2, 0.25) is 5.02 Å². The van der Waals surface area contributed by atoms with Crippen molar-refractivity contribution < 1.29 is 9.50 Å². The van der Waals surface area contributed by atoms with Crippen LogP contribution in [0.25, 0.3) is 0 Å². The van der Waals surface area contributed by atoms with E-state index in [9.17, 15) is 9.50 Å². The van der Waals surface area contributed by atoms with Crippen LogP contribution in [0.15, 0.2) is 18.2 Å². The molecule has 82 valence electrons. The Labute approximate surface area is 93.9 Å². The molecule has 1 aromatic carbocycles. The van der Waals surface area contributed by atoms with Crippen LogP contribution in [-0.2, 0) is 0 Å². The predicted octanol–water partition coefficient (Wildman–Crippen LogP) is 3.70. The fraction of sp³-hybridized carbons (Fsp3) is 0.500. The highest BCUT2D eigenvalue weighted by molar-refractivity contribution is 6.30. The summed E-state index contributed by atoms with van der Waals surface area (Å²) in [5.74, 6) is -0.170. The third kappa shape index (κ3) is 2.32. The van der Waals surface area contributed by atoms with E-state index in [-0.39, 0.29) is 11.7 Å². The molecule has 15 heavy (non-hydrogen) atoms. The second kappa shape index (κ2) is 4.50. The first-order valence-corrected chi connectivity index (χ1v) is 5.69. The summed E-state index contributed by atoms with van der Waals surface area (Å²) in [5.41, 5.74) is 0.342. The van der Waals surface area contributed by atoms with Gasteiger partial charge >= 0.3 is 0 Å². The molecular formula is C12H14ClFO. The maximum absolute atomic E-state index is 13.5. The molecule has 0 heterocycles. The Hall–Kier alpha value is -0.600. The van der Waals surface area contributed by atoms with Crippen LogP contribution >= 0.6 is 11.6 Å². The van der Waals surface area contributed by atoms with Crippen LogP contribution in [0.3, 0.4) is 0 Å². The van der Waals surface area contributed by atoms with Gasteiger partial charge < -0.3 is 5.11 Å². The van der Waals surface area contributed by atoms with Crippen LogP contribution in [0.4, 0.5) is 4.39 Å². The lowest BCUT2D eigenvalue weighted by atomic mass is 9.94. The SMILES string of the molecule is OC(c1cc(Cl)ccc1F)C1CCCC1. The van der Waals surface area contributed by atoms with Gasteiger partial charge in [-0.3, -0.25) is 0 Å². The number of aliphatic hydroxyl groups is 1. The van der Waals surface area contributed by atoms with Crippen LogP contribution < -0.4 is 0 Å². The Morgan fingerprint density at radius 3 is 2.67 bits per heavy atom. The highest BCUT2D eigenvalue weighted by Crippen LogP contribution is 2.37. The van der Waals surface area contributed by atoms with Crippen molar-refractivity contribution in [3.8, 4) is 0 Å². The molecule has 0 radical (unpaired) electrons. The van der Waals surface area contributed by atoms with Crippen LogP contribution in [0, 0.1) is 11.7 Å². The van der Waals surface area contributed by atoms with Crippen molar-refractivity contribution in [3.63, 3.8) is 0 Å². The monoisotopic (exact) mass is 228 g/mol. The van der Waals surface area contributed by atoms with Gasteiger partial charge in [0.05, 0.1) is 6.10 Å². The van der Waals surface area contributed by atoms with Crippen molar-refractivity contribution in [2.24, 2.45) is 5.92 Å². The average Bonchev–Trinajstić information content (AvgIpc) is 2.74. The molecule has 0 aromatic heterocycles. The lowest BCUT2D eigenvalue weighted by Gasteiger charge is -2.18. The molecule has 0 saturated heterocycles. The molecular weight excluding hydrogens is 215 g/mol. The van der Waals surface area contributed by atoms with Gasteiger partial charge in [-0.15, -0.1) is 0 Å². The molecule has 1 saturated carbocycles. The first-order valence-electron chi connectivity index (χ1n) is 5.31. The lowest BCUT2D eigenvalue weighted by Crippen LogP contribution is -2.10. The van der Waals surface area contributed by atoms with Crippen molar-refractivity contribution in [3.05, 3.63) is 34.6 Å². The maximum atomic E-state index is 13.5. The van der Waals surface area contributed by atoms with Crippen LogP contribution in [-0.4, -0.2) is 5.11 Å². The average molecular weight is 229 g/mol. The summed E-state index contributed by atoms with van der Waals surface area (Å²) < 4.78 is 13.5. The minimum absolute atomic E-state index is 0.193. The smallest absolute Gasteiger partial charge is 0.129 e. The Bertz CT molecular complexity index is 347. The van der Waals surface area contributed by atoms with Gasteiger partial charge in [-0.1, -0.05) is 24.4 Å². The van der Waals surface area contributed by atoms with E-state index in [4.69, 9.17) is 11.6 Å². The van der Waals surface area contributed by atoms with Crippen molar-refractivity contribution in [1.82, 2.24) is 0 Å². The number of benzene rings is 1. The maximum Gasteiger partial charge on any atom is 0.129 e. The van der Waals surface area contributed by atoms with Gasteiger partial charge in [0.25, 0.3) is 0 Å². The van der Waals surface area contributed by atoms with Gasteiger partial charge in [0.2, 0.25) is 0 Å². The van der Waals surface area contributed by atoms with E-state index in [1.165, 1.54) is 18.2 Å².